The molecule has 33 heavy (non-hydrogen) atoms. The van der Waals surface area contributed by atoms with Gasteiger partial charge in [0.25, 0.3) is 0 Å². The second kappa shape index (κ2) is 8.25. The third-order valence-corrected chi connectivity index (χ3v) is 7.88. The van der Waals surface area contributed by atoms with Gasteiger partial charge in [0.2, 0.25) is 0 Å². The van der Waals surface area contributed by atoms with E-state index in [0.29, 0.717) is 55.4 Å². The summed E-state index contributed by atoms with van der Waals surface area (Å²) >= 11 is 0. The summed E-state index contributed by atoms with van der Waals surface area (Å²) < 4.78 is 22.3. The second-order valence-corrected chi connectivity index (χ2v) is 10.2. The van der Waals surface area contributed by atoms with Crippen LogP contribution in [0.25, 0.3) is 0 Å². The van der Waals surface area contributed by atoms with E-state index in [2.05, 4.69) is 10.6 Å². The van der Waals surface area contributed by atoms with Crippen LogP contribution in [0.3, 0.4) is 0 Å². The number of aliphatic carboxylic acids is 1. The molecule has 0 amide bonds. The van der Waals surface area contributed by atoms with E-state index < -0.39 is 17.0 Å². The molecule has 3 fully saturated rings. The lowest BCUT2D eigenvalue weighted by molar-refractivity contribution is -0.151. The van der Waals surface area contributed by atoms with E-state index in [0.717, 1.165) is 30.9 Å². The van der Waals surface area contributed by atoms with Crippen LogP contribution in [0.4, 0.5) is 4.39 Å². The molecule has 0 radical (unpaired) electrons. The van der Waals surface area contributed by atoms with Crippen molar-refractivity contribution in [1.29, 1.82) is 5.26 Å². The van der Waals surface area contributed by atoms with Gasteiger partial charge in [0, 0.05) is 6.54 Å². The number of rotatable bonds is 8. The van der Waals surface area contributed by atoms with Crippen molar-refractivity contribution in [3.8, 4) is 6.07 Å². The van der Waals surface area contributed by atoms with Gasteiger partial charge in [-0.3, -0.25) is 4.79 Å². The number of imidazole rings is 1. The summed E-state index contributed by atoms with van der Waals surface area (Å²) in [5.74, 6) is 0.666. The minimum absolute atomic E-state index is 0.371. The van der Waals surface area contributed by atoms with Crippen LogP contribution in [0, 0.1) is 35.9 Å². The quantitative estimate of drug-likeness (QED) is 0.621. The van der Waals surface area contributed by atoms with Gasteiger partial charge in [0.15, 0.2) is 5.69 Å². The Morgan fingerprint density at radius 2 is 1.82 bits per heavy atom. The topological polar surface area (TPSA) is 88.1 Å². The van der Waals surface area contributed by atoms with Crippen LogP contribution in [0.2, 0.25) is 0 Å². The Morgan fingerprint density at radius 1 is 1.18 bits per heavy atom. The molecule has 3 aliphatic rings. The van der Waals surface area contributed by atoms with Gasteiger partial charge in [-0.2, -0.15) is 5.26 Å². The largest absolute Gasteiger partial charge is 0.481 e. The zero-order valence-electron chi connectivity index (χ0n) is 19.0. The van der Waals surface area contributed by atoms with Crippen LogP contribution in [0.15, 0.2) is 24.3 Å². The fourth-order valence-corrected chi connectivity index (χ4v) is 5.24. The molecule has 0 aliphatic heterocycles. The zero-order valence-corrected chi connectivity index (χ0v) is 19.0. The van der Waals surface area contributed by atoms with E-state index in [-0.39, 0.29) is 5.82 Å². The van der Waals surface area contributed by atoms with Crippen LogP contribution in [-0.4, -0.2) is 27.2 Å². The van der Waals surface area contributed by atoms with Crippen molar-refractivity contribution in [3.05, 3.63) is 52.9 Å². The Balaban J connectivity index is 1.51. The summed E-state index contributed by atoms with van der Waals surface area (Å²) in [5.41, 5.74) is 0.121. The van der Waals surface area contributed by atoms with Crippen molar-refractivity contribution in [3.63, 3.8) is 0 Å². The van der Waals surface area contributed by atoms with Crippen molar-refractivity contribution in [1.82, 2.24) is 9.55 Å². The molecule has 0 saturated heterocycles. The Kier molecular flexibility index (Phi) is 5.52. The number of nitrogens with zero attached hydrogens (tertiary/aromatic N) is 3. The minimum Gasteiger partial charge on any atom is -0.481 e. The highest BCUT2D eigenvalue weighted by molar-refractivity contribution is 5.81. The Bertz CT molecular complexity index is 1090. The molecule has 5 rings (SSSR count). The maximum Gasteiger partial charge on any atom is 0.314 e. The first-order chi connectivity index (χ1) is 15.9. The summed E-state index contributed by atoms with van der Waals surface area (Å²) in [5, 5.41) is 19.9. The highest BCUT2D eigenvalue weighted by Crippen LogP contribution is 2.50. The average molecular weight is 452 g/mol. The molecule has 3 saturated carbocycles. The molecule has 1 heterocycles. The summed E-state index contributed by atoms with van der Waals surface area (Å²) in [6.07, 6.45) is 6.41. The summed E-state index contributed by atoms with van der Waals surface area (Å²) in [6, 6.07) is 8.07. The van der Waals surface area contributed by atoms with Gasteiger partial charge in [-0.15, -0.1) is 0 Å². The van der Waals surface area contributed by atoms with E-state index >= 15 is 0 Å². The molecular weight excluding hydrogens is 421 g/mol. The van der Waals surface area contributed by atoms with Crippen molar-refractivity contribution in [2.24, 2.45) is 11.8 Å². The molecule has 2 aromatic rings. The molecule has 0 bridgehead atoms. The molecule has 3 aliphatic carbocycles. The molecule has 0 unspecified atom stereocenters. The van der Waals surface area contributed by atoms with Crippen LogP contribution < -0.4 is 0 Å². The molecule has 6 nitrogen and oxygen atoms in total. The molecule has 1 aromatic carbocycles. The number of carboxylic acids is 1. The molecule has 1 N–H and O–H groups in total. The first-order valence-corrected chi connectivity index (χ1v) is 12.0. The molecule has 1 aromatic heterocycles. The number of carbonyl (C=O) groups is 1. The Hall–Kier alpha value is -2.72. The van der Waals surface area contributed by atoms with E-state index in [1.165, 1.54) is 25.0 Å². The van der Waals surface area contributed by atoms with Gasteiger partial charge in [0.05, 0.1) is 17.7 Å². The number of ether oxygens (including phenoxy) is 1. The van der Waals surface area contributed by atoms with E-state index in [1.807, 2.05) is 6.92 Å². The van der Waals surface area contributed by atoms with Gasteiger partial charge in [0.1, 0.15) is 23.3 Å². The lowest BCUT2D eigenvalue weighted by Crippen LogP contribution is -2.47. The first-order valence-electron chi connectivity index (χ1n) is 12.0. The fourth-order valence-electron chi connectivity index (χ4n) is 5.24. The number of halogens is 1. The normalized spacial score (nSPS) is 27.3. The van der Waals surface area contributed by atoms with Crippen molar-refractivity contribution in [2.45, 2.75) is 75.9 Å². The molecule has 0 spiro atoms. The number of hydrogen-bond acceptors (Lipinski definition) is 4. The Labute approximate surface area is 193 Å². The van der Waals surface area contributed by atoms with Crippen LogP contribution >= 0.6 is 0 Å². The summed E-state index contributed by atoms with van der Waals surface area (Å²) in [7, 11) is 0. The predicted molar refractivity (Wildman–Crippen MR) is 119 cm³/mol. The maximum absolute atomic E-state index is 13.5. The van der Waals surface area contributed by atoms with Gasteiger partial charge in [-0.1, -0.05) is 12.1 Å². The number of carboxylic acid groups (broad SMARTS) is 1. The van der Waals surface area contributed by atoms with Gasteiger partial charge in [-0.05, 0) is 87.8 Å². The third kappa shape index (κ3) is 4.06. The zero-order chi connectivity index (χ0) is 23.2. The smallest absolute Gasteiger partial charge is 0.314 e. The highest BCUT2D eigenvalue weighted by Gasteiger charge is 2.52. The van der Waals surface area contributed by atoms with Gasteiger partial charge in [-0.25, -0.2) is 9.37 Å². The summed E-state index contributed by atoms with van der Waals surface area (Å²) in [6.45, 7) is 3.40. The van der Waals surface area contributed by atoms with Crippen molar-refractivity contribution >= 4 is 5.97 Å². The van der Waals surface area contributed by atoms with Gasteiger partial charge < -0.3 is 14.4 Å². The number of aromatic nitrogens is 2. The molecule has 174 valence electrons. The van der Waals surface area contributed by atoms with Crippen LogP contribution in [-0.2, 0) is 27.1 Å². The van der Waals surface area contributed by atoms with Crippen LogP contribution in [0.5, 0.6) is 0 Å². The van der Waals surface area contributed by atoms with Crippen LogP contribution in [0.1, 0.15) is 74.1 Å². The minimum atomic E-state index is -1.08. The first kappa shape index (κ1) is 22.1. The van der Waals surface area contributed by atoms with E-state index in [4.69, 9.17) is 9.72 Å². The van der Waals surface area contributed by atoms with E-state index in [1.54, 1.807) is 12.1 Å². The molecular formula is C26H30FN3O3. The predicted octanol–water partition coefficient (Wildman–Crippen LogP) is 4.83. The van der Waals surface area contributed by atoms with Crippen molar-refractivity contribution < 1.29 is 19.0 Å². The standard InChI is InChI=1S/C26H30FN3O3/c1-17-22(14-28)29-23(30(17)15-18-2-3-18)26(33-16-19-4-5-19)12-10-25(11-13-26,24(31)32)20-6-8-21(27)9-7-20/h6-9,18-19H,2-5,10-13,15-16H2,1H3,(H,31,32). The number of hydrogen-bond donors (Lipinski definition) is 1. The lowest BCUT2D eigenvalue weighted by Gasteiger charge is -2.44. The second-order valence-electron chi connectivity index (χ2n) is 10.2. The fraction of sp³-hybridized carbons (Fsp3) is 0.577. The number of benzene rings is 1. The molecule has 7 heteroatoms. The SMILES string of the molecule is Cc1c(C#N)nc(C2(OCC3CC3)CCC(C(=O)O)(c3ccc(F)cc3)CC2)n1CC1CC1. The average Bonchev–Trinajstić information content (AvgIpc) is 3.74. The monoisotopic (exact) mass is 451 g/mol. The van der Waals surface area contributed by atoms with E-state index in [9.17, 15) is 19.6 Å². The lowest BCUT2D eigenvalue weighted by atomic mass is 9.65. The third-order valence-electron chi connectivity index (χ3n) is 7.88. The Morgan fingerprint density at radius 3 is 2.36 bits per heavy atom. The number of nitriles is 1. The van der Waals surface area contributed by atoms with Gasteiger partial charge >= 0.3 is 5.97 Å². The molecule has 0 atom stereocenters. The summed E-state index contributed by atoms with van der Waals surface area (Å²) in [4.78, 5) is 17.3. The highest BCUT2D eigenvalue weighted by atomic mass is 19.1. The van der Waals surface area contributed by atoms with Crippen molar-refractivity contribution in [2.75, 3.05) is 6.61 Å². The maximum atomic E-state index is 13.5.